The van der Waals surface area contributed by atoms with Crippen LogP contribution in [0, 0.1) is 11.3 Å². The van der Waals surface area contributed by atoms with Crippen LogP contribution in [0.3, 0.4) is 0 Å². The molecule has 0 aliphatic heterocycles. The molecule has 0 aromatic heterocycles. The summed E-state index contributed by atoms with van der Waals surface area (Å²) < 4.78 is 5.61. The quantitative estimate of drug-likeness (QED) is 0.684. The van der Waals surface area contributed by atoms with Crippen LogP contribution in [0.2, 0.25) is 0 Å². The van der Waals surface area contributed by atoms with Crippen molar-refractivity contribution in [2.45, 2.75) is 33.1 Å². The Morgan fingerprint density at radius 3 is 2.42 bits per heavy atom. The van der Waals surface area contributed by atoms with E-state index in [1.165, 1.54) is 19.3 Å². The molecule has 0 radical (unpaired) electrons. The van der Waals surface area contributed by atoms with Gasteiger partial charge in [0.05, 0.1) is 6.61 Å². The van der Waals surface area contributed by atoms with E-state index in [4.69, 9.17) is 10.5 Å². The van der Waals surface area contributed by atoms with Crippen molar-refractivity contribution in [2.75, 3.05) is 19.8 Å². The van der Waals surface area contributed by atoms with Crippen LogP contribution in [0.15, 0.2) is 0 Å². The first-order valence-electron chi connectivity index (χ1n) is 4.96. The summed E-state index contributed by atoms with van der Waals surface area (Å²) in [7, 11) is 0. The van der Waals surface area contributed by atoms with Gasteiger partial charge in [-0.15, -0.1) is 0 Å². The van der Waals surface area contributed by atoms with Crippen LogP contribution in [-0.4, -0.2) is 19.8 Å². The van der Waals surface area contributed by atoms with E-state index in [1.807, 2.05) is 0 Å². The van der Waals surface area contributed by atoms with Gasteiger partial charge in [-0.05, 0) is 18.8 Å². The molecule has 1 aliphatic carbocycles. The van der Waals surface area contributed by atoms with Crippen molar-refractivity contribution in [3.63, 3.8) is 0 Å². The van der Waals surface area contributed by atoms with Crippen molar-refractivity contribution < 1.29 is 4.74 Å². The lowest BCUT2D eigenvalue weighted by molar-refractivity contribution is -0.00907. The van der Waals surface area contributed by atoms with Gasteiger partial charge in [0, 0.05) is 18.6 Å². The van der Waals surface area contributed by atoms with Crippen LogP contribution in [0.1, 0.15) is 33.1 Å². The molecule has 1 fully saturated rings. The van der Waals surface area contributed by atoms with E-state index >= 15 is 0 Å². The summed E-state index contributed by atoms with van der Waals surface area (Å²) in [6.07, 6.45) is 3.87. The zero-order valence-corrected chi connectivity index (χ0v) is 8.31. The summed E-state index contributed by atoms with van der Waals surface area (Å²) in [4.78, 5) is 0. The summed E-state index contributed by atoms with van der Waals surface area (Å²) in [5.41, 5.74) is 6.06. The average Bonchev–Trinajstić information content (AvgIpc) is 1.94. The number of rotatable bonds is 5. The normalized spacial score (nSPS) is 21.0. The van der Waals surface area contributed by atoms with Gasteiger partial charge in [-0.1, -0.05) is 20.3 Å². The monoisotopic (exact) mass is 171 g/mol. The third-order valence-electron chi connectivity index (χ3n) is 2.71. The van der Waals surface area contributed by atoms with E-state index in [2.05, 4.69) is 13.8 Å². The fraction of sp³-hybridized carbons (Fsp3) is 1.00. The Bertz CT molecular complexity index is 124. The summed E-state index contributed by atoms with van der Waals surface area (Å²) in [5, 5.41) is 0. The Balaban J connectivity index is 2.12. The minimum absolute atomic E-state index is 0.356. The zero-order chi connectivity index (χ0) is 9.03. The molecule has 0 aromatic rings. The molecular weight excluding hydrogens is 150 g/mol. The molecule has 0 spiro atoms. The highest BCUT2D eigenvalue weighted by Crippen LogP contribution is 2.39. The average molecular weight is 171 g/mol. The molecule has 2 heteroatoms. The van der Waals surface area contributed by atoms with Crippen LogP contribution >= 0.6 is 0 Å². The van der Waals surface area contributed by atoms with Crippen LogP contribution in [0.5, 0.6) is 0 Å². The minimum atomic E-state index is 0.356. The molecule has 12 heavy (non-hydrogen) atoms. The largest absolute Gasteiger partial charge is 0.381 e. The van der Waals surface area contributed by atoms with Gasteiger partial charge in [-0.2, -0.15) is 0 Å². The molecule has 0 atom stereocenters. The van der Waals surface area contributed by atoms with E-state index in [9.17, 15) is 0 Å². The van der Waals surface area contributed by atoms with E-state index in [-0.39, 0.29) is 0 Å². The van der Waals surface area contributed by atoms with Crippen molar-refractivity contribution in [1.29, 1.82) is 0 Å². The summed E-state index contributed by atoms with van der Waals surface area (Å²) >= 11 is 0. The van der Waals surface area contributed by atoms with Crippen molar-refractivity contribution in [2.24, 2.45) is 17.1 Å². The maximum absolute atomic E-state index is 5.71. The van der Waals surface area contributed by atoms with Crippen LogP contribution in [-0.2, 0) is 4.74 Å². The van der Waals surface area contributed by atoms with E-state index in [0.29, 0.717) is 11.3 Å². The molecule has 0 bridgehead atoms. The first-order valence-corrected chi connectivity index (χ1v) is 4.96. The smallest absolute Gasteiger partial charge is 0.0534 e. The van der Waals surface area contributed by atoms with Gasteiger partial charge in [0.2, 0.25) is 0 Å². The van der Waals surface area contributed by atoms with Crippen molar-refractivity contribution in [3.8, 4) is 0 Å². The lowest BCUT2D eigenvalue weighted by atomic mass is 9.69. The molecule has 0 aromatic carbocycles. The fourth-order valence-electron chi connectivity index (χ4n) is 1.60. The first kappa shape index (κ1) is 10.0. The second-order valence-corrected chi connectivity index (χ2v) is 4.47. The van der Waals surface area contributed by atoms with Gasteiger partial charge < -0.3 is 10.5 Å². The van der Waals surface area contributed by atoms with E-state index < -0.39 is 0 Å². The number of hydrogen-bond acceptors (Lipinski definition) is 2. The summed E-state index contributed by atoms with van der Waals surface area (Å²) in [6.45, 7) is 6.90. The molecule has 72 valence electrons. The topological polar surface area (TPSA) is 35.2 Å². The summed E-state index contributed by atoms with van der Waals surface area (Å²) in [5.74, 6) is 0.639. The molecule has 0 unspecified atom stereocenters. The SMILES string of the molecule is CC(C)COCC1(CN)CCC1. The predicted molar refractivity (Wildman–Crippen MR) is 51.0 cm³/mol. The maximum Gasteiger partial charge on any atom is 0.0534 e. The van der Waals surface area contributed by atoms with E-state index in [1.54, 1.807) is 0 Å². The zero-order valence-electron chi connectivity index (χ0n) is 8.31. The lowest BCUT2D eigenvalue weighted by Crippen LogP contribution is -2.41. The molecule has 2 nitrogen and oxygen atoms in total. The van der Waals surface area contributed by atoms with Crippen molar-refractivity contribution >= 4 is 0 Å². The highest BCUT2D eigenvalue weighted by Gasteiger charge is 2.35. The van der Waals surface area contributed by atoms with Crippen LogP contribution < -0.4 is 5.73 Å². The standard InChI is InChI=1S/C10H21NO/c1-9(2)6-12-8-10(7-11)4-3-5-10/h9H,3-8,11H2,1-2H3. The number of ether oxygens (including phenoxy) is 1. The Labute approximate surface area is 75.5 Å². The van der Waals surface area contributed by atoms with Crippen molar-refractivity contribution in [1.82, 2.24) is 0 Å². The predicted octanol–water partition coefficient (Wildman–Crippen LogP) is 1.79. The maximum atomic E-state index is 5.71. The molecule has 1 aliphatic rings. The van der Waals surface area contributed by atoms with E-state index in [0.717, 1.165) is 19.8 Å². The highest BCUT2D eigenvalue weighted by molar-refractivity contribution is 4.88. The van der Waals surface area contributed by atoms with Crippen LogP contribution in [0.4, 0.5) is 0 Å². The van der Waals surface area contributed by atoms with Gasteiger partial charge >= 0.3 is 0 Å². The minimum Gasteiger partial charge on any atom is -0.381 e. The lowest BCUT2D eigenvalue weighted by Gasteiger charge is -2.40. The van der Waals surface area contributed by atoms with Crippen molar-refractivity contribution in [3.05, 3.63) is 0 Å². The Kier molecular flexibility index (Phi) is 3.53. The molecular formula is C10H21NO. The van der Waals surface area contributed by atoms with Gasteiger partial charge in [-0.3, -0.25) is 0 Å². The molecule has 0 saturated heterocycles. The highest BCUT2D eigenvalue weighted by atomic mass is 16.5. The molecule has 0 heterocycles. The second kappa shape index (κ2) is 4.24. The number of hydrogen-bond donors (Lipinski definition) is 1. The third kappa shape index (κ3) is 2.46. The van der Waals surface area contributed by atoms with Gasteiger partial charge in [-0.25, -0.2) is 0 Å². The Morgan fingerprint density at radius 1 is 1.42 bits per heavy atom. The summed E-state index contributed by atoms with van der Waals surface area (Å²) in [6, 6.07) is 0. The molecule has 1 rings (SSSR count). The van der Waals surface area contributed by atoms with Gasteiger partial charge in [0.15, 0.2) is 0 Å². The van der Waals surface area contributed by atoms with Gasteiger partial charge in [0.1, 0.15) is 0 Å². The fourth-order valence-corrected chi connectivity index (χ4v) is 1.60. The Morgan fingerprint density at radius 2 is 2.08 bits per heavy atom. The molecule has 0 amide bonds. The number of nitrogens with two attached hydrogens (primary N) is 1. The molecule has 2 N–H and O–H groups in total. The third-order valence-corrected chi connectivity index (χ3v) is 2.71. The molecule has 1 saturated carbocycles. The Hall–Kier alpha value is -0.0800. The first-order chi connectivity index (χ1) is 5.68. The second-order valence-electron chi connectivity index (χ2n) is 4.47. The van der Waals surface area contributed by atoms with Gasteiger partial charge in [0.25, 0.3) is 0 Å². The van der Waals surface area contributed by atoms with Crippen LogP contribution in [0.25, 0.3) is 0 Å².